The molecule has 0 bridgehead atoms. The summed E-state index contributed by atoms with van der Waals surface area (Å²) in [6, 6.07) is 10.9. The molecule has 6 heteroatoms. The van der Waals surface area contributed by atoms with Gasteiger partial charge in [0.2, 0.25) is 0 Å². The van der Waals surface area contributed by atoms with Crippen molar-refractivity contribution in [2.24, 2.45) is 5.92 Å². The zero-order chi connectivity index (χ0) is 18.7. The summed E-state index contributed by atoms with van der Waals surface area (Å²) >= 11 is 0. The molecular weight excluding hydrogens is 330 g/mol. The van der Waals surface area contributed by atoms with E-state index < -0.39 is 0 Å². The second-order valence-corrected chi connectivity index (χ2v) is 6.90. The highest BCUT2D eigenvalue weighted by molar-refractivity contribution is 6.00. The van der Waals surface area contributed by atoms with E-state index in [0.29, 0.717) is 17.2 Å². The van der Waals surface area contributed by atoms with Crippen molar-refractivity contribution < 1.29 is 14.3 Å². The average Bonchev–Trinajstić information content (AvgIpc) is 3.43. The average molecular weight is 355 g/mol. The Hall–Kier alpha value is -2.76. The third-order valence-corrected chi connectivity index (χ3v) is 4.69. The van der Waals surface area contributed by atoms with Gasteiger partial charge in [-0.2, -0.15) is 0 Å². The van der Waals surface area contributed by atoms with Gasteiger partial charge in [-0.05, 0) is 75.9 Å². The summed E-state index contributed by atoms with van der Waals surface area (Å²) in [6.45, 7) is 5.86. The molecule has 1 fully saturated rings. The molecule has 0 unspecified atom stereocenters. The molecule has 1 atom stereocenters. The summed E-state index contributed by atoms with van der Waals surface area (Å²) in [5.41, 5.74) is 5.30. The van der Waals surface area contributed by atoms with E-state index in [2.05, 4.69) is 10.7 Å². The molecule has 3 rings (SSSR count). The van der Waals surface area contributed by atoms with E-state index in [1.807, 2.05) is 32.9 Å². The van der Waals surface area contributed by atoms with Crippen LogP contribution in [0.3, 0.4) is 0 Å². The maximum Gasteiger partial charge on any atom is 0.270 e. The van der Waals surface area contributed by atoms with E-state index in [9.17, 15) is 9.59 Å². The number of amides is 2. The van der Waals surface area contributed by atoms with Crippen molar-refractivity contribution in [3.05, 3.63) is 53.3 Å². The highest BCUT2D eigenvalue weighted by Gasteiger charge is 2.28. The van der Waals surface area contributed by atoms with Crippen LogP contribution in [0.1, 0.15) is 41.5 Å². The summed E-state index contributed by atoms with van der Waals surface area (Å²) in [6.07, 6.45) is 2.38. The standard InChI is InChI=1S/C20H25N3O3/c1-13-4-5-14(2)23(13)22-20(25)17-8-10-18(11-9-17)26-12-19(24)21-15(3)16-6-7-16/h4-5,8-11,15-16H,6-7,12H2,1-3H3,(H,21,24)(H,22,25)/t15-/m0/s1. The number of nitrogens with one attached hydrogen (secondary N) is 2. The predicted molar refractivity (Wildman–Crippen MR) is 99.9 cm³/mol. The Kier molecular flexibility index (Phi) is 5.30. The molecule has 6 nitrogen and oxygen atoms in total. The largest absolute Gasteiger partial charge is 0.484 e. The Labute approximate surface area is 153 Å². The van der Waals surface area contributed by atoms with Gasteiger partial charge in [0.05, 0.1) is 0 Å². The molecule has 1 heterocycles. The minimum Gasteiger partial charge on any atom is -0.484 e. The first-order chi connectivity index (χ1) is 12.4. The van der Waals surface area contributed by atoms with Gasteiger partial charge in [0, 0.05) is 23.0 Å². The molecule has 0 spiro atoms. The number of benzene rings is 1. The van der Waals surface area contributed by atoms with Crippen molar-refractivity contribution in [3.63, 3.8) is 0 Å². The Balaban J connectivity index is 1.51. The van der Waals surface area contributed by atoms with Crippen molar-refractivity contribution in [2.45, 2.75) is 39.7 Å². The molecule has 1 aromatic heterocycles. The number of nitrogens with zero attached hydrogens (tertiary/aromatic N) is 1. The topological polar surface area (TPSA) is 72.4 Å². The molecule has 2 N–H and O–H groups in total. The first kappa shape index (κ1) is 18.0. The van der Waals surface area contributed by atoms with Gasteiger partial charge in [-0.25, -0.2) is 0 Å². The van der Waals surface area contributed by atoms with Crippen molar-refractivity contribution in [2.75, 3.05) is 12.0 Å². The second kappa shape index (κ2) is 7.64. The zero-order valence-electron chi connectivity index (χ0n) is 15.4. The maximum absolute atomic E-state index is 12.3. The summed E-state index contributed by atoms with van der Waals surface area (Å²) in [5.74, 6) is 0.855. The van der Waals surface area contributed by atoms with Crippen molar-refractivity contribution in [1.82, 2.24) is 9.99 Å². The molecule has 1 aromatic carbocycles. The lowest BCUT2D eigenvalue weighted by Gasteiger charge is -2.13. The van der Waals surface area contributed by atoms with Crippen molar-refractivity contribution in [1.29, 1.82) is 0 Å². The fraction of sp³-hybridized carbons (Fsp3) is 0.400. The highest BCUT2D eigenvalue weighted by atomic mass is 16.5. The van der Waals surface area contributed by atoms with E-state index in [1.54, 1.807) is 28.9 Å². The minimum atomic E-state index is -0.199. The zero-order valence-corrected chi connectivity index (χ0v) is 15.4. The summed E-state index contributed by atoms with van der Waals surface area (Å²) in [7, 11) is 0. The lowest BCUT2D eigenvalue weighted by Crippen LogP contribution is -2.37. The van der Waals surface area contributed by atoms with Gasteiger partial charge in [0.1, 0.15) is 5.75 Å². The van der Waals surface area contributed by atoms with Gasteiger partial charge in [-0.1, -0.05) is 0 Å². The van der Waals surface area contributed by atoms with E-state index in [0.717, 1.165) is 11.4 Å². The first-order valence-corrected chi connectivity index (χ1v) is 8.92. The van der Waals surface area contributed by atoms with Crippen LogP contribution in [0.2, 0.25) is 0 Å². The number of carbonyl (C=O) groups excluding carboxylic acids is 2. The van der Waals surface area contributed by atoms with E-state index in [-0.39, 0.29) is 24.5 Å². The Morgan fingerprint density at radius 1 is 1.12 bits per heavy atom. The number of aromatic nitrogens is 1. The molecule has 26 heavy (non-hydrogen) atoms. The molecule has 1 saturated carbocycles. The number of hydrogen-bond donors (Lipinski definition) is 2. The van der Waals surface area contributed by atoms with E-state index >= 15 is 0 Å². The normalized spacial score (nSPS) is 14.6. The number of rotatable bonds is 7. The van der Waals surface area contributed by atoms with Crippen LogP contribution in [0.5, 0.6) is 5.75 Å². The van der Waals surface area contributed by atoms with Crippen LogP contribution in [-0.4, -0.2) is 29.1 Å². The number of carbonyl (C=O) groups is 2. The number of ether oxygens (including phenoxy) is 1. The van der Waals surface area contributed by atoms with E-state index in [4.69, 9.17) is 4.74 Å². The van der Waals surface area contributed by atoms with Crippen LogP contribution in [0, 0.1) is 19.8 Å². The summed E-state index contributed by atoms with van der Waals surface area (Å²) < 4.78 is 7.25. The Bertz CT molecular complexity index is 772. The smallest absolute Gasteiger partial charge is 0.270 e. The molecule has 2 aromatic rings. The lowest BCUT2D eigenvalue weighted by atomic mass is 10.2. The number of aryl methyl sites for hydroxylation is 2. The van der Waals surface area contributed by atoms with Crippen LogP contribution in [-0.2, 0) is 4.79 Å². The third kappa shape index (κ3) is 4.45. The van der Waals surface area contributed by atoms with Gasteiger partial charge in [0.15, 0.2) is 6.61 Å². The summed E-state index contributed by atoms with van der Waals surface area (Å²) in [4.78, 5) is 24.2. The molecule has 0 radical (unpaired) electrons. The third-order valence-electron chi connectivity index (χ3n) is 4.69. The molecule has 138 valence electrons. The van der Waals surface area contributed by atoms with Crippen molar-refractivity contribution in [3.8, 4) is 5.75 Å². The van der Waals surface area contributed by atoms with Crippen LogP contribution < -0.4 is 15.5 Å². The maximum atomic E-state index is 12.3. The van der Waals surface area contributed by atoms with Crippen LogP contribution >= 0.6 is 0 Å². The van der Waals surface area contributed by atoms with Gasteiger partial charge in [-0.15, -0.1) is 0 Å². The van der Waals surface area contributed by atoms with Crippen molar-refractivity contribution >= 4 is 11.8 Å². The highest BCUT2D eigenvalue weighted by Crippen LogP contribution is 2.32. The fourth-order valence-corrected chi connectivity index (χ4v) is 2.87. The first-order valence-electron chi connectivity index (χ1n) is 8.92. The molecule has 0 aliphatic heterocycles. The van der Waals surface area contributed by atoms with Gasteiger partial charge >= 0.3 is 0 Å². The quantitative estimate of drug-likeness (QED) is 0.802. The molecule has 1 aliphatic rings. The SMILES string of the molecule is Cc1ccc(C)n1NC(=O)c1ccc(OCC(=O)N[C@@H](C)C2CC2)cc1. The molecule has 2 amide bonds. The Morgan fingerprint density at radius 2 is 1.73 bits per heavy atom. The Morgan fingerprint density at radius 3 is 2.31 bits per heavy atom. The molecule has 0 saturated heterocycles. The van der Waals surface area contributed by atoms with Crippen LogP contribution in [0.25, 0.3) is 0 Å². The van der Waals surface area contributed by atoms with Gasteiger partial charge in [0.25, 0.3) is 11.8 Å². The predicted octanol–water partition coefficient (Wildman–Crippen LogP) is 2.78. The van der Waals surface area contributed by atoms with Gasteiger partial charge in [-0.3, -0.25) is 19.7 Å². The van der Waals surface area contributed by atoms with Crippen LogP contribution in [0.15, 0.2) is 36.4 Å². The van der Waals surface area contributed by atoms with Gasteiger partial charge < -0.3 is 10.1 Å². The summed E-state index contributed by atoms with van der Waals surface area (Å²) in [5, 5.41) is 2.95. The second-order valence-electron chi connectivity index (χ2n) is 6.90. The fourth-order valence-electron chi connectivity index (χ4n) is 2.87. The molecule has 1 aliphatic carbocycles. The van der Waals surface area contributed by atoms with Crippen LogP contribution in [0.4, 0.5) is 0 Å². The van der Waals surface area contributed by atoms with E-state index in [1.165, 1.54) is 12.8 Å². The monoisotopic (exact) mass is 355 g/mol. The number of hydrogen-bond acceptors (Lipinski definition) is 3. The molecular formula is C20H25N3O3. The minimum absolute atomic E-state index is 0.0235. The lowest BCUT2D eigenvalue weighted by molar-refractivity contribution is -0.123.